The van der Waals surface area contributed by atoms with Crippen molar-refractivity contribution in [3.63, 3.8) is 0 Å². The van der Waals surface area contributed by atoms with E-state index >= 15 is 0 Å². The van der Waals surface area contributed by atoms with Gasteiger partial charge < -0.3 is 9.47 Å². The molecule has 4 aliphatic rings. The molecule has 0 aromatic carbocycles. The topological polar surface area (TPSA) is 35.5 Å². The first-order valence-corrected chi connectivity index (χ1v) is 7.41. The summed E-state index contributed by atoms with van der Waals surface area (Å²) in [6.07, 6.45) is 12.0. The first kappa shape index (κ1) is 11.9. The molecule has 1 heterocycles. The molecule has 1 saturated carbocycles. The maximum absolute atomic E-state index is 12.8. The Balaban J connectivity index is 1.72. The smallest absolute Gasteiger partial charge is 0.172 e. The molecule has 19 heavy (non-hydrogen) atoms. The van der Waals surface area contributed by atoms with Gasteiger partial charge in [0.2, 0.25) is 0 Å². The Kier molecular flexibility index (Phi) is 2.52. The minimum Gasteiger partial charge on any atom is -0.347 e. The van der Waals surface area contributed by atoms with Gasteiger partial charge in [0.1, 0.15) is 5.78 Å². The molecular weight excluding hydrogens is 240 g/mol. The van der Waals surface area contributed by atoms with Gasteiger partial charge in [-0.2, -0.15) is 0 Å². The highest BCUT2D eigenvalue weighted by molar-refractivity contribution is 5.92. The summed E-state index contributed by atoms with van der Waals surface area (Å²) in [5, 5.41) is 0. The molecule has 3 heteroatoms. The molecule has 3 aliphatic carbocycles. The van der Waals surface area contributed by atoms with Crippen LogP contribution in [-0.2, 0) is 14.3 Å². The largest absolute Gasteiger partial charge is 0.347 e. The minimum absolute atomic E-state index is 0.210. The van der Waals surface area contributed by atoms with Crippen LogP contribution in [0.2, 0.25) is 0 Å². The molecule has 0 aromatic rings. The van der Waals surface area contributed by atoms with Gasteiger partial charge in [-0.05, 0) is 25.7 Å². The van der Waals surface area contributed by atoms with Crippen LogP contribution >= 0.6 is 0 Å². The van der Waals surface area contributed by atoms with Crippen molar-refractivity contribution in [3.8, 4) is 0 Å². The molecule has 1 aliphatic heterocycles. The van der Waals surface area contributed by atoms with Crippen molar-refractivity contribution in [3.05, 3.63) is 23.8 Å². The Morgan fingerprint density at radius 3 is 2.79 bits per heavy atom. The summed E-state index contributed by atoms with van der Waals surface area (Å²) in [5.41, 5.74) is 1.06. The number of hydrogen-bond donors (Lipinski definition) is 0. The van der Waals surface area contributed by atoms with Gasteiger partial charge >= 0.3 is 0 Å². The van der Waals surface area contributed by atoms with E-state index in [0.29, 0.717) is 19.0 Å². The molecule has 3 nitrogen and oxygen atoms in total. The summed E-state index contributed by atoms with van der Waals surface area (Å²) in [5.74, 6) is 0.269. The Hall–Kier alpha value is -0.930. The van der Waals surface area contributed by atoms with E-state index in [1.165, 1.54) is 5.57 Å². The van der Waals surface area contributed by atoms with E-state index in [1.807, 2.05) is 0 Å². The van der Waals surface area contributed by atoms with Crippen LogP contribution in [0.3, 0.4) is 0 Å². The zero-order chi connectivity index (χ0) is 12.9. The molecule has 0 aromatic heterocycles. The quantitative estimate of drug-likeness (QED) is 0.628. The Morgan fingerprint density at radius 1 is 1.11 bits per heavy atom. The van der Waals surface area contributed by atoms with E-state index in [1.54, 1.807) is 0 Å². The molecule has 0 radical (unpaired) electrons. The lowest BCUT2D eigenvalue weighted by molar-refractivity contribution is -0.180. The van der Waals surface area contributed by atoms with Crippen LogP contribution in [0.4, 0.5) is 0 Å². The summed E-state index contributed by atoms with van der Waals surface area (Å²) in [6.45, 7) is 1.38. The van der Waals surface area contributed by atoms with Crippen LogP contribution in [0.25, 0.3) is 0 Å². The van der Waals surface area contributed by atoms with Gasteiger partial charge in [0.15, 0.2) is 5.79 Å². The predicted octanol–water partition coefficient (Wildman–Crippen LogP) is 2.77. The third-order valence-corrected chi connectivity index (χ3v) is 5.37. The van der Waals surface area contributed by atoms with Crippen molar-refractivity contribution in [2.24, 2.45) is 11.3 Å². The van der Waals surface area contributed by atoms with Crippen molar-refractivity contribution in [1.82, 2.24) is 0 Å². The van der Waals surface area contributed by atoms with Gasteiger partial charge in [-0.3, -0.25) is 4.79 Å². The standard InChI is InChI=1S/C16H20O3/c17-14-12-3-1-2-6-15(14)7-8-16(18-9-10-19-16)11-13(15)5-4-12/h1-2,5,12H,3-4,6-11H2/t12-,15-/m0/s1. The van der Waals surface area contributed by atoms with Crippen LogP contribution < -0.4 is 0 Å². The van der Waals surface area contributed by atoms with Gasteiger partial charge in [0, 0.05) is 18.8 Å². The number of ether oxygens (including phenoxy) is 2. The number of carbonyl (C=O) groups excluding carboxylic acids is 1. The highest BCUT2D eigenvalue weighted by Gasteiger charge is 2.54. The first-order chi connectivity index (χ1) is 9.24. The van der Waals surface area contributed by atoms with Gasteiger partial charge in [-0.1, -0.05) is 23.8 Å². The van der Waals surface area contributed by atoms with Crippen molar-refractivity contribution >= 4 is 5.78 Å². The third kappa shape index (κ3) is 1.61. The maximum Gasteiger partial charge on any atom is 0.172 e. The Labute approximate surface area is 113 Å². The summed E-state index contributed by atoms with van der Waals surface area (Å²) < 4.78 is 11.7. The second-order valence-corrected chi connectivity index (χ2v) is 6.30. The normalized spacial score (nSPS) is 39.9. The lowest BCUT2D eigenvalue weighted by Crippen LogP contribution is -2.48. The number of rotatable bonds is 0. The van der Waals surface area contributed by atoms with E-state index in [4.69, 9.17) is 9.47 Å². The molecule has 102 valence electrons. The van der Waals surface area contributed by atoms with E-state index in [2.05, 4.69) is 18.2 Å². The molecule has 0 N–H and O–H groups in total. The van der Waals surface area contributed by atoms with Gasteiger partial charge in [-0.25, -0.2) is 0 Å². The molecule has 2 bridgehead atoms. The van der Waals surface area contributed by atoms with E-state index in [-0.39, 0.29) is 11.3 Å². The lowest BCUT2D eigenvalue weighted by atomic mass is 9.59. The van der Waals surface area contributed by atoms with Gasteiger partial charge in [-0.15, -0.1) is 0 Å². The van der Waals surface area contributed by atoms with Crippen LogP contribution in [-0.4, -0.2) is 24.8 Å². The average Bonchev–Trinajstić information content (AvgIpc) is 2.84. The number of Topliss-reactive ketones (excluding diaryl/α,β-unsaturated/α-hetero) is 1. The number of ketones is 1. The fourth-order valence-electron chi connectivity index (χ4n) is 4.27. The Morgan fingerprint density at radius 2 is 1.95 bits per heavy atom. The zero-order valence-electron chi connectivity index (χ0n) is 11.2. The van der Waals surface area contributed by atoms with Gasteiger partial charge in [0.05, 0.1) is 18.6 Å². The second kappa shape index (κ2) is 4.03. The monoisotopic (exact) mass is 260 g/mol. The Bertz CT molecular complexity index is 470. The fourth-order valence-corrected chi connectivity index (χ4v) is 4.27. The van der Waals surface area contributed by atoms with Gasteiger partial charge in [0.25, 0.3) is 0 Å². The summed E-state index contributed by atoms with van der Waals surface area (Å²) in [6, 6.07) is 0. The van der Waals surface area contributed by atoms with E-state index in [0.717, 1.165) is 38.5 Å². The number of hydrogen-bond acceptors (Lipinski definition) is 3. The maximum atomic E-state index is 12.8. The van der Waals surface area contributed by atoms with Crippen LogP contribution in [0.5, 0.6) is 0 Å². The third-order valence-electron chi connectivity index (χ3n) is 5.37. The number of allylic oxidation sites excluding steroid dienone is 3. The second-order valence-electron chi connectivity index (χ2n) is 6.30. The predicted molar refractivity (Wildman–Crippen MR) is 70.5 cm³/mol. The lowest BCUT2D eigenvalue weighted by Gasteiger charge is -2.47. The molecule has 2 fully saturated rings. The SMILES string of the molecule is O=C1[C@H]2CC=CC[C@@]13CCC1(CC3=CC2)OCCO1. The highest BCUT2D eigenvalue weighted by atomic mass is 16.7. The zero-order valence-corrected chi connectivity index (χ0v) is 11.2. The molecule has 2 spiro atoms. The van der Waals surface area contributed by atoms with Crippen molar-refractivity contribution < 1.29 is 14.3 Å². The number of carbonyl (C=O) groups is 1. The summed E-state index contributed by atoms with van der Waals surface area (Å²) in [4.78, 5) is 12.8. The fraction of sp³-hybridized carbons (Fsp3) is 0.688. The minimum atomic E-state index is -0.416. The summed E-state index contributed by atoms with van der Waals surface area (Å²) in [7, 11) is 0. The molecule has 0 amide bonds. The molecular formula is C16H20O3. The van der Waals surface area contributed by atoms with E-state index < -0.39 is 5.79 Å². The first-order valence-electron chi connectivity index (χ1n) is 7.41. The molecule has 1 saturated heterocycles. The van der Waals surface area contributed by atoms with Crippen molar-refractivity contribution in [1.29, 1.82) is 0 Å². The molecule has 0 unspecified atom stereocenters. The highest BCUT2D eigenvalue weighted by Crippen LogP contribution is 2.55. The molecule has 4 rings (SSSR count). The van der Waals surface area contributed by atoms with Crippen LogP contribution in [0.15, 0.2) is 23.8 Å². The number of fused-ring (bicyclic) bond motifs is 1. The van der Waals surface area contributed by atoms with Crippen LogP contribution in [0.1, 0.15) is 38.5 Å². The molecule has 2 atom stereocenters. The van der Waals surface area contributed by atoms with E-state index in [9.17, 15) is 4.79 Å². The van der Waals surface area contributed by atoms with Crippen LogP contribution in [0, 0.1) is 11.3 Å². The van der Waals surface area contributed by atoms with Crippen molar-refractivity contribution in [2.45, 2.75) is 44.3 Å². The average molecular weight is 260 g/mol. The summed E-state index contributed by atoms with van der Waals surface area (Å²) >= 11 is 0. The van der Waals surface area contributed by atoms with Crippen molar-refractivity contribution in [2.75, 3.05) is 13.2 Å².